The van der Waals surface area contributed by atoms with E-state index in [9.17, 15) is 0 Å². The van der Waals surface area contributed by atoms with Crippen LogP contribution in [0.5, 0.6) is 0 Å². The number of hydrogen-bond donors (Lipinski definition) is 2. The van der Waals surface area contributed by atoms with Crippen LogP contribution in [-0.2, 0) is 35.6 Å². The molecule has 9 heteroatoms. The summed E-state index contributed by atoms with van der Waals surface area (Å²) in [6, 6.07) is 50.1. The Bertz CT molecular complexity index is 1290. The van der Waals surface area contributed by atoms with Crippen molar-refractivity contribution in [2.24, 2.45) is 0 Å². The number of carboxylic acids is 2. The fourth-order valence-corrected chi connectivity index (χ4v) is 10.4. The molecule has 0 amide bonds. The molecule has 5 aromatic rings. The van der Waals surface area contributed by atoms with Crippen LogP contribution in [0.15, 0.2) is 146 Å². The molecule has 0 saturated heterocycles. The second-order valence-electron chi connectivity index (χ2n) is 9.46. The minimum Gasteiger partial charge on any atom is -0.672 e. The van der Waals surface area contributed by atoms with E-state index in [1.807, 2.05) is 18.2 Å². The van der Waals surface area contributed by atoms with Crippen molar-refractivity contribution in [3.63, 3.8) is 0 Å². The molecule has 45 heavy (non-hydrogen) atoms. The fraction of sp³-hybridized carbons (Fsp3) is 0.139. The first-order valence-corrected chi connectivity index (χ1v) is 17.6. The van der Waals surface area contributed by atoms with Gasteiger partial charge in [-0.05, 0) is 60.7 Å². The average molecular weight is 729 g/mol. The van der Waals surface area contributed by atoms with Gasteiger partial charge in [-0.3, -0.25) is 14.6 Å². The van der Waals surface area contributed by atoms with Crippen LogP contribution in [0.4, 0.5) is 0 Å². The number of carbonyl (C=O) groups is 2. The van der Waals surface area contributed by atoms with Gasteiger partial charge in [0, 0.05) is 25.7 Å². The van der Waals surface area contributed by atoms with Gasteiger partial charge in [-0.2, -0.15) is 0 Å². The largest absolute Gasteiger partial charge is 1.00 e. The first-order valence-electron chi connectivity index (χ1n) is 14.2. The van der Waals surface area contributed by atoms with E-state index >= 15 is 0 Å². The molecule has 0 saturated carbocycles. The van der Waals surface area contributed by atoms with E-state index in [2.05, 4.69) is 126 Å². The van der Waals surface area contributed by atoms with Gasteiger partial charge < -0.3 is 15.9 Å². The summed E-state index contributed by atoms with van der Waals surface area (Å²) in [5.74, 6) is -1.67. The first kappa shape index (κ1) is 39.4. The summed E-state index contributed by atoms with van der Waals surface area (Å²) >= 11 is 0. The SMILES string of the molecule is CC(=O)O.CC(=O)O.[NH-]Cc1ccccn1.[Ru+].c1ccc([PH+](CC[PH+](c2ccccc2)c2ccccc2)c2ccccc2)cc1. The zero-order chi connectivity index (χ0) is 32.0. The van der Waals surface area contributed by atoms with E-state index in [1.54, 1.807) is 6.20 Å². The molecule has 0 atom stereocenters. The van der Waals surface area contributed by atoms with Gasteiger partial charge in [-0.15, -0.1) is 6.54 Å². The van der Waals surface area contributed by atoms with E-state index in [1.165, 1.54) is 33.5 Å². The molecule has 5 rings (SSSR count). The monoisotopic (exact) mass is 729 g/mol. The van der Waals surface area contributed by atoms with E-state index in [4.69, 9.17) is 25.5 Å². The maximum Gasteiger partial charge on any atom is 1.00 e. The summed E-state index contributed by atoms with van der Waals surface area (Å²) in [6.07, 6.45) is 4.22. The van der Waals surface area contributed by atoms with Crippen molar-refractivity contribution in [3.8, 4) is 0 Å². The van der Waals surface area contributed by atoms with Gasteiger partial charge >= 0.3 is 19.5 Å². The van der Waals surface area contributed by atoms with Gasteiger partial charge in [-0.25, -0.2) is 0 Å². The van der Waals surface area contributed by atoms with Crippen molar-refractivity contribution in [1.29, 1.82) is 0 Å². The van der Waals surface area contributed by atoms with Gasteiger partial charge in [0.15, 0.2) is 0 Å². The molecule has 0 aliphatic rings. The third-order valence-corrected chi connectivity index (χ3v) is 12.1. The minimum atomic E-state index is -0.833. The Balaban J connectivity index is 0.000000492. The first-order chi connectivity index (χ1) is 21.3. The molecule has 3 N–H and O–H groups in total. The predicted molar refractivity (Wildman–Crippen MR) is 190 cm³/mol. The Morgan fingerprint density at radius 2 is 0.822 bits per heavy atom. The van der Waals surface area contributed by atoms with Crippen LogP contribution >= 0.6 is 15.8 Å². The Morgan fingerprint density at radius 3 is 1.02 bits per heavy atom. The summed E-state index contributed by atoms with van der Waals surface area (Å²) in [5, 5.41) is 20.9. The summed E-state index contributed by atoms with van der Waals surface area (Å²) in [4.78, 5) is 21.9. The van der Waals surface area contributed by atoms with Crippen molar-refractivity contribution < 1.29 is 39.3 Å². The van der Waals surface area contributed by atoms with Crippen molar-refractivity contribution in [2.45, 2.75) is 20.4 Å². The van der Waals surface area contributed by atoms with Gasteiger partial charge in [0.2, 0.25) is 0 Å². The number of aromatic nitrogens is 1. The Kier molecular flexibility index (Phi) is 20.8. The third kappa shape index (κ3) is 16.9. The van der Waals surface area contributed by atoms with Crippen molar-refractivity contribution in [2.75, 3.05) is 12.3 Å². The topological polar surface area (TPSA) is 111 Å². The molecule has 1 aromatic heterocycles. The van der Waals surface area contributed by atoms with Crippen molar-refractivity contribution in [1.82, 2.24) is 4.98 Å². The van der Waals surface area contributed by atoms with Gasteiger partial charge in [0.05, 0.1) is 37.1 Å². The Labute approximate surface area is 282 Å². The third-order valence-electron chi connectivity index (χ3n) is 6.02. The number of nitrogens with one attached hydrogen (secondary N) is 1. The second-order valence-corrected chi connectivity index (χ2v) is 14.7. The summed E-state index contributed by atoms with van der Waals surface area (Å²) in [7, 11) is -1.57. The minimum absolute atomic E-state index is 0. The van der Waals surface area contributed by atoms with E-state index in [-0.39, 0.29) is 26.0 Å². The van der Waals surface area contributed by atoms with Crippen LogP contribution in [-0.4, -0.2) is 39.5 Å². The maximum atomic E-state index is 9.00. The van der Waals surface area contributed by atoms with Gasteiger partial charge in [0.25, 0.3) is 11.9 Å². The predicted octanol–water partition coefficient (Wildman–Crippen LogP) is 6.53. The van der Waals surface area contributed by atoms with Crippen LogP contribution in [0.2, 0.25) is 0 Å². The summed E-state index contributed by atoms with van der Waals surface area (Å²) in [6.45, 7) is 2.45. The average Bonchev–Trinajstić information content (AvgIpc) is 3.05. The van der Waals surface area contributed by atoms with E-state index < -0.39 is 27.8 Å². The molecule has 0 spiro atoms. The van der Waals surface area contributed by atoms with Crippen molar-refractivity contribution >= 4 is 49.0 Å². The number of aliphatic carboxylic acids is 2. The molecular weight excluding hydrogens is 687 g/mol. The quantitative estimate of drug-likeness (QED) is 0.140. The summed E-state index contributed by atoms with van der Waals surface area (Å²) in [5.41, 5.74) is 7.71. The van der Waals surface area contributed by atoms with Crippen LogP contribution in [0, 0.1) is 0 Å². The number of benzene rings is 4. The molecule has 4 aromatic carbocycles. The van der Waals surface area contributed by atoms with E-state index in [0.717, 1.165) is 19.5 Å². The maximum absolute atomic E-state index is 9.00. The smallest absolute Gasteiger partial charge is 0.672 e. The van der Waals surface area contributed by atoms with Gasteiger partial charge in [0.1, 0.15) is 12.3 Å². The van der Waals surface area contributed by atoms with Crippen LogP contribution in [0.25, 0.3) is 5.73 Å². The fourth-order valence-electron chi connectivity index (χ4n) is 4.22. The van der Waals surface area contributed by atoms with Gasteiger partial charge in [-0.1, -0.05) is 78.9 Å². The zero-order valence-corrected chi connectivity index (χ0v) is 29.2. The number of hydrogen-bond acceptors (Lipinski definition) is 3. The molecule has 1 heterocycles. The molecule has 0 unspecified atom stereocenters. The standard InChI is InChI=1S/C26H24P2.C6H7N2.2C2H4O2.Ru/c1-5-13-23(14-6-1)27(24-15-7-2-8-16-24)21-22-28(25-17-9-3-10-18-25)26-19-11-4-12-20-26;7-5-6-3-1-2-4-8-6;2*1-2(3)4;/h1-20H,21-22H2;1-4,7H,5H2;2*1H3,(H,3,4);/q;-1;;;+1/p+2. The molecular formula is C36H41N2O4P2Ru+2. The summed E-state index contributed by atoms with van der Waals surface area (Å²) < 4.78 is 0. The second kappa shape index (κ2) is 23.7. The molecule has 0 fully saturated rings. The van der Waals surface area contributed by atoms with Crippen LogP contribution < -0.4 is 21.2 Å². The molecule has 235 valence electrons. The molecule has 6 nitrogen and oxygen atoms in total. The van der Waals surface area contributed by atoms with E-state index in [0.29, 0.717) is 0 Å². The van der Waals surface area contributed by atoms with Crippen LogP contribution in [0.1, 0.15) is 19.5 Å². The number of nitrogens with zero attached hydrogens (tertiary/aromatic N) is 1. The zero-order valence-electron chi connectivity index (χ0n) is 25.5. The van der Waals surface area contributed by atoms with Crippen molar-refractivity contribution in [3.05, 3.63) is 157 Å². The number of rotatable bonds is 8. The van der Waals surface area contributed by atoms with Crippen LogP contribution in [0.3, 0.4) is 0 Å². The molecule has 0 aliphatic heterocycles. The number of carboxylic acid groups (broad SMARTS) is 2. The normalized spacial score (nSPS) is 9.62. The molecule has 0 aliphatic carbocycles. The molecule has 0 bridgehead atoms. The Hall–Kier alpha value is -3.59. The molecule has 1 radical (unpaired) electrons. The number of pyridine rings is 1. The Morgan fingerprint density at radius 1 is 0.556 bits per heavy atom.